The minimum Gasteiger partial charge on any atom is -0.403 e. The number of aromatic nitrogens is 1. The number of hydrogen-bond acceptors (Lipinski definition) is 3. The number of halogens is 7. The van der Waals surface area contributed by atoms with Crippen molar-refractivity contribution in [2.45, 2.75) is 24.5 Å². The smallest absolute Gasteiger partial charge is 0.403 e. The third kappa shape index (κ3) is 3.96. The van der Waals surface area contributed by atoms with E-state index in [1.165, 1.54) is 0 Å². The minimum absolute atomic E-state index is 0.0326. The molecular formula is C9H6BrF6NO2. The summed E-state index contributed by atoms with van der Waals surface area (Å²) in [6, 6.07) is 0. The molecule has 1 aromatic rings. The molecule has 0 saturated carbocycles. The number of alkyl halides is 7. The van der Waals surface area contributed by atoms with E-state index in [9.17, 15) is 26.3 Å². The van der Waals surface area contributed by atoms with Crippen molar-refractivity contribution in [2.24, 2.45) is 0 Å². The van der Waals surface area contributed by atoms with E-state index in [0.29, 0.717) is 0 Å². The van der Waals surface area contributed by atoms with Gasteiger partial charge < -0.3 is 9.84 Å². The molecule has 0 aliphatic rings. The molecule has 0 aromatic carbocycles. The van der Waals surface area contributed by atoms with E-state index >= 15 is 0 Å². The molecule has 0 radical (unpaired) electrons. The van der Waals surface area contributed by atoms with Crippen LogP contribution in [-0.2, 0) is 18.1 Å². The van der Waals surface area contributed by atoms with Crippen LogP contribution in [0.5, 0.6) is 5.75 Å². The van der Waals surface area contributed by atoms with E-state index in [1.54, 1.807) is 0 Å². The van der Waals surface area contributed by atoms with Crippen molar-refractivity contribution in [1.29, 1.82) is 0 Å². The molecule has 0 spiro atoms. The second kappa shape index (κ2) is 5.53. The van der Waals surface area contributed by atoms with Crippen LogP contribution < -0.4 is 4.74 Å². The van der Waals surface area contributed by atoms with Gasteiger partial charge in [-0.2, -0.15) is 13.2 Å². The van der Waals surface area contributed by atoms with Gasteiger partial charge in [-0.05, 0) is 5.56 Å². The quantitative estimate of drug-likeness (QED) is 0.669. The third-order valence-corrected chi connectivity index (χ3v) is 2.62. The molecule has 0 aliphatic heterocycles. The van der Waals surface area contributed by atoms with E-state index < -0.39 is 36.2 Å². The summed E-state index contributed by atoms with van der Waals surface area (Å²) in [7, 11) is 0. The van der Waals surface area contributed by atoms with Gasteiger partial charge >= 0.3 is 12.5 Å². The van der Waals surface area contributed by atoms with Crippen LogP contribution in [0, 0.1) is 0 Å². The molecule has 3 nitrogen and oxygen atoms in total. The Morgan fingerprint density at radius 1 is 1.21 bits per heavy atom. The van der Waals surface area contributed by atoms with E-state index in [1.807, 2.05) is 0 Å². The summed E-state index contributed by atoms with van der Waals surface area (Å²) < 4.78 is 77.5. The number of hydrogen-bond donors (Lipinski definition) is 1. The Bertz CT molecular complexity index is 459. The minimum atomic E-state index is -5.32. The fraction of sp³-hybridized carbons (Fsp3) is 0.444. The number of rotatable bonds is 3. The Morgan fingerprint density at radius 2 is 1.79 bits per heavy atom. The Hall–Kier alpha value is -1.03. The van der Waals surface area contributed by atoms with Gasteiger partial charge in [-0.15, -0.1) is 13.2 Å². The van der Waals surface area contributed by atoms with E-state index in [-0.39, 0.29) is 10.9 Å². The summed E-state index contributed by atoms with van der Waals surface area (Å²) in [4.78, 5) is 2.92. The van der Waals surface area contributed by atoms with E-state index in [4.69, 9.17) is 5.11 Å². The maximum atomic E-state index is 12.6. The van der Waals surface area contributed by atoms with Crippen LogP contribution >= 0.6 is 15.9 Å². The lowest BCUT2D eigenvalue weighted by atomic mass is 10.1. The molecule has 1 N–H and O–H groups in total. The molecule has 0 saturated heterocycles. The molecule has 0 bridgehead atoms. The van der Waals surface area contributed by atoms with Gasteiger partial charge in [0.05, 0.1) is 6.61 Å². The first-order chi connectivity index (χ1) is 8.60. The van der Waals surface area contributed by atoms with Crippen LogP contribution in [0.3, 0.4) is 0 Å². The normalized spacial score (nSPS) is 12.6. The summed E-state index contributed by atoms with van der Waals surface area (Å²) in [6.07, 6.45) is -9.72. The van der Waals surface area contributed by atoms with Crippen LogP contribution in [-0.4, -0.2) is 16.5 Å². The number of aliphatic hydroxyl groups excluding tert-OH is 1. The fourth-order valence-electron chi connectivity index (χ4n) is 1.28. The Morgan fingerprint density at radius 3 is 2.16 bits per heavy atom. The van der Waals surface area contributed by atoms with Gasteiger partial charge in [0, 0.05) is 17.1 Å². The summed E-state index contributed by atoms with van der Waals surface area (Å²) >= 11 is 2.87. The lowest BCUT2D eigenvalue weighted by Gasteiger charge is -2.18. The first-order valence-corrected chi connectivity index (χ1v) is 5.72. The molecule has 1 heterocycles. The van der Waals surface area contributed by atoms with E-state index in [2.05, 4.69) is 25.7 Å². The summed E-state index contributed by atoms with van der Waals surface area (Å²) in [6.45, 7) is -1.04. The number of ether oxygens (including phenoxy) is 1. The van der Waals surface area contributed by atoms with Crippen LogP contribution in [0.1, 0.15) is 16.8 Å². The topological polar surface area (TPSA) is 42.4 Å². The lowest BCUT2D eigenvalue weighted by Crippen LogP contribution is -2.23. The van der Waals surface area contributed by atoms with Crippen molar-refractivity contribution in [1.82, 2.24) is 4.98 Å². The molecule has 0 atom stereocenters. The van der Waals surface area contributed by atoms with Crippen LogP contribution in [0.2, 0.25) is 0 Å². The molecule has 10 heteroatoms. The molecule has 19 heavy (non-hydrogen) atoms. The molecular weight excluding hydrogens is 348 g/mol. The van der Waals surface area contributed by atoms with Crippen molar-refractivity contribution < 1.29 is 36.2 Å². The standard InChI is InChI=1S/C9H6BrF6NO2/c10-1-4-2-17-7(8(11,12)13)6(5(4)3-18)19-9(14,15)16/h2,18H,1,3H2. The van der Waals surface area contributed by atoms with Gasteiger partial charge in [-0.3, -0.25) is 0 Å². The second-order valence-electron chi connectivity index (χ2n) is 3.28. The predicted molar refractivity (Wildman–Crippen MR) is 54.5 cm³/mol. The Balaban J connectivity index is 3.49. The van der Waals surface area contributed by atoms with Crippen molar-refractivity contribution in [3.05, 3.63) is 23.0 Å². The first kappa shape index (κ1) is 16.0. The highest BCUT2D eigenvalue weighted by Gasteiger charge is 2.42. The maximum absolute atomic E-state index is 12.6. The highest BCUT2D eigenvalue weighted by Crippen LogP contribution is 2.40. The summed E-state index contributed by atoms with van der Waals surface area (Å²) in [5.74, 6) is -1.53. The summed E-state index contributed by atoms with van der Waals surface area (Å²) in [5, 5.41) is 8.87. The van der Waals surface area contributed by atoms with Gasteiger partial charge in [0.25, 0.3) is 0 Å². The fourth-order valence-corrected chi connectivity index (χ4v) is 1.77. The zero-order chi connectivity index (χ0) is 14.8. The third-order valence-electron chi connectivity index (χ3n) is 2.01. The molecule has 108 valence electrons. The van der Waals surface area contributed by atoms with Crippen molar-refractivity contribution in [3.63, 3.8) is 0 Å². The van der Waals surface area contributed by atoms with Gasteiger partial charge in [0.15, 0.2) is 11.4 Å². The largest absolute Gasteiger partial charge is 0.573 e. The van der Waals surface area contributed by atoms with Crippen LogP contribution in [0.4, 0.5) is 26.3 Å². The maximum Gasteiger partial charge on any atom is 0.573 e. The highest BCUT2D eigenvalue weighted by molar-refractivity contribution is 9.08. The zero-order valence-electron chi connectivity index (χ0n) is 8.94. The average molecular weight is 354 g/mol. The first-order valence-electron chi connectivity index (χ1n) is 4.60. The SMILES string of the molecule is OCc1c(CBr)cnc(C(F)(F)F)c1OC(F)(F)F. The Labute approximate surface area is 111 Å². The molecule has 1 aromatic heterocycles. The molecule has 0 fully saturated rings. The molecule has 0 aliphatic carbocycles. The monoisotopic (exact) mass is 353 g/mol. The molecule has 0 unspecified atom stereocenters. The number of pyridine rings is 1. The summed E-state index contributed by atoms with van der Waals surface area (Å²) in [5.41, 5.74) is -2.48. The zero-order valence-corrected chi connectivity index (χ0v) is 10.5. The van der Waals surface area contributed by atoms with Gasteiger partial charge in [0.2, 0.25) is 0 Å². The number of nitrogens with zero attached hydrogens (tertiary/aromatic N) is 1. The lowest BCUT2D eigenvalue weighted by molar-refractivity contribution is -0.277. The van der Waals surface area contributed by atoms with Gasteiger partial charge in [-0.1, -0.05) is 15.9 Å². The molecule has 0 amide bonds. The highest BCUT2D eigenvalue weighted by atomic mass is 79.9. The van der Waals surface area contributed by atoms with Crippen molar-refractivity contribution in [2.75, 3.05) is 0 Å². The van der Waals surface area contributed by atoms with Crippen LogP contribution in [0.25, 0.3) is 0 Å². The van der Waals surface area contributed by atoms with Gasteiger partial charge in [0.1, 0.15) is 0 Å². The van der Waals surface area contributed by atoms with Gasteiger partial charge in [-0.25, -0.2) is 4.98 Å². The van der Waals surface area contributed by atoms with E-state index in [0.717, 1.165) is 6.20 Å². The predicted octanol–water partition coefficient (Wildman–Crippen LogP) is 3.39. The second-order valence-corrected chi connectivity index (χ2v) is 3.84. The average Bonchev–Trinajstić information content (AvgIpc) is 2.24. The molecule has 1 rings (SSSR count). The van der Waals surface area contributed by atoms with Crippen LogP contribution in [0.15, 0.2) is 6.20 Å². The Kier molecular flexibility index (Phi) is 4.67. The van der Waals surface area contributed by atoms with Crippen molar-refractivity contribution >= 4 is 15.9 Å². The van der Waals surface area contributed by atoms with Crippen molar-refractivity contribution in [3.8, 4) is 5.75 Å². The number of aliphatic hydroxyl groups is 1.